The van der Waals surface area contributed by atoms with E-state index < -0.39 is 6.04 Å². The average Bonchev–Trinajstić information content (AvgIpc) is 2.68. The van der Waals surface area contributed by atoms with E-state index in [9.17, 15) is 9.90 Å². The molecule has 0 spiro atoms. The van der Waals surface area contributed by atoms with Crippen molar-refractivity contribution < 1.29 is 9.90 Å². The average molecular weight is 383 g/mol. The van der Waals surface area contributed by atoms with Crippen molar-refractivity contribution in [2.45, 2.75) is 39.2 Å². The number of unbranched alkanes of at least 4 members (excludes halogenated alkanes) is 1. The van der Waals surface area contributed by atoms with E-state index in [0.717, 1.165) is 24.0 Å². The number of nitrogens with zero attached hydrogens (tertiary/aromatic N) is 1. The monoisotopic (exact) mass is 382 g/mol. The number of aromatic nitrogens is 1. The van der Waals surface area contributed by atoms with E-state index in [0.29, 0.717) is 27.9 Å². The fourth-order valence-electron chi connectivity index (χ4n) is 3.10. The molecule has 3 rings (SSSR count). The second kappa shape index (κ2) is 8.40. The third-order valence-electron chi connectivity index (χ3n) is 4.63. The van der Waals surface area contributed by atoms with Gasteiger partial charge in [-0.05, 0) is 37.1 Å². The first-order chi connectivity index (χ1) is 13.0. The largest absolute Gasteiger partial charge is 0.505 e. The Balaban J connectivity index is 2.09. The van der Waals surface area contributed by atoms with Crippen molar-refractivity contribution in [1.82, 2.24) is 10.3 Å². The van der Waals surface area contributed by atoms with E-state index in [-0.39, 0.29) is 11.7 Å². The first kappa shape index (κ1) is 19.2. The van der Waals surface area contributed by atoms with Gasteiger partial charge in [0.15, 0.2) is 0 Å². The molecule has 0 aliphatic rings. The fraction of sp³-hybridized carbons (Fsp3) is 0.273. The van der Waals surface area contributed by atoms with Gasteiger partial charge >= 0.3 is 0 Å². The van der Waals surface area contributed by atoms with E-state index in [2.05, 4.69) is 10.3 Å². The Labute approximate surface area is 164 Å². The van der Waals surface area contributed by atoms with E-state index in [1.54, 1.807) is 18.3 Å². The molecular weight excluding hydrogens is 360 g/mol. The first-order valence-corrected chi connectivity index (χ1v) is 9.51. The van der Waals surface area contributed by atoms with Crippen molar-refractivity contribution in [3.8, 4) is 5.75 Å². The Hall–Kier alpha value is -2.59. The second-order valence-electron chi connectivity index (χ2n) is 6.71. The zero-order valence-corrected chi connectivity index (χ0v) is 16.3. The van der Waals surface area contributed by atoms with Gasteiger partial charge in [0.05, 0.1) is 11.1 Å². The van der Waals surface area contributed by atoms with Gasteiger partial charge < -0.3 is 10.4 Å². The Morgan fingerprint density at radius 2 is 2.00 bits per heavy atom. The number of carbonyl (C=O) groups is 1. The highest BCUT2D eigenvalue weighted by molar-refractivity contribution is 6.35. The summed E-state index contributed by atoms with van der Waals surface area (Å²) in [6.45, 7) is 4.05. The molecule has 0 aliphatic heterocycles. The standard InChI is InChI=1S/C22H23ClN2O2/c1-3-4-7-19(26)25-20(15-10-8-14(2)9-11-15)17-13-18(23)16-6-5-12-24-21(16)22(17)27/h5-6,8-13,20,27H,3-4,7H2,1-2H3,(H,25,26)/t20-/m1/s1. The van der Waals surface area contributed by atoms with Crippen molar-refractivity contribution in [2.75, 3.05) is 0 Å². The van der Waals surface area contributed by atoms with Crippen LogP contribution in [0.2, 0.25) is 5.02 Å². The normalized spacial score (nSPS) is 12.1. The molecule has 2 N–H and O–H groups in total. The summed E-state index contributed by atoms with van der Waals surface area (Å²) in [5.41, 5.74) is 2.98. The van der Waals surface area contributed by atoms with Crippen LogP contribution in [0.25, 0.3) is 10.9 Å². The molecule has 0 aliphatic carbocycles. The van der Waals surface area contributed by atoms with Gasteiger partial charge in [-0.3, -0.25) is 9.78 Å². The van der Waals surface area contributed by atoms with Crippen LogP contribution in [-0.2, 0) is 4.79 Å². The number of carbonyl (C=O) groups excluding carboxylic acids is 1. The number of benzene rings is 2. The molecule has 0 radical (unpaired) electrons. The molecule has 0 fully saturated rings. The molecule has 2 aromatic carbocycles. The van der Waals surface area contributed by atoms with Crippen molar-refractivity contribution in [3.63, 3.8) is 0 Å². The molecule has 3 aromatic rings. The summed E-state index contributed by atoms with van der Waals surface area (Å²) in [6.07, 6.45) is 3.82. The van der Waals surface area contributed by atoms with Gasteiger partial charge in [0.2, 0.25) is 5.91 Å². The fourth-order valence-corrected chi connectivity index (χ4v) is 3.37. The summed E-state index contributed by atoms with van der Waals surface area (Å²) in [7, 11) is 0. The zero-order valence-electron chi connectivity index (χ0n) is 15.5. The molecule has 5 heteroatoms. The highest BCUT2D eigenvalue weighted by Gasteiger charge is 2.23. The highest BCUT2D eigenvalue weighted by Crippen LogP contribution is 2.38. The van der Waals surface area contributed by atoms with Gasteiger partial charge in [-0.25, -0.2) is 0 Å². The molecular formula is C22H23ClN2O2. The number of amides is 1. The summed E-state index contributed by atoms with van der Waals surface area (Å²) < 4.78 is 0. The van der Waals surface area contributed by atoms with E-state index in [1.807, 2.05) is 44.2 Å². The number of nitrogens with one attached hydrogen (secondary N) is 1. The summed E-state index contributed by atoms with van der Waals surface area (Å²) in [5, 5.41) is 15.1. The molecule has 0 bridgehead atoms. The van der Waals surface area contributed by atoms with Gasteiger partial charge in [0.25, 0.3) is 0 Å². The Bertz CT molecular complexity index is 954. The molecule has 4 nitrogen and oxygen atoms in total. The van der Waals surface area contributed by atoms with Crippen LogP contribution in [0.5, 0.6) is 5.75 Å². The molecule has 1 heterocycles. The van der Waals surface area contributed by atoms with Gasteiger partial charge in [-0.1, -0.05) is 54.8 Å². The first-order valence-electron chi connectivity index (χ1n) is 9.13. The van der Waals surface area contributed by atoms with E-state index in [4.69, 9.17) is 11.6 Å². The number of phenolic OH excluding ortho intramolecular Hbond substituents is 1. The number of pyridine rings is 1. The number of phenols is 1. The summed E-state index contributed by atoms with van der Waals surface area (Å²) >= 11 is 6.45. The minimum absolute atomic E-state index is 0.0383. The zero-order chi connectivity index (χ0) is 19.4. The van der Waals surface area contributed by atoms with E-state index >= 15 is 0 Å². The Kier molecular flexibility index (Phi) is 5.97. The van der Waals surface area contributed by atoms with Crippen molar-refractivity contribution in [3.05, 3.63) is 70.4 Å². The molecule has 0 saturated carbocycles. The van der Waals surface area contributed by atoms with Gasteiger partial charge in [0, 0.05) is 23.6 Å². The quantitative estimate of drug-likeness (QED) is 0.608. The molecule has 1 atom stereocenters. The number of halogens is 1. The SMILES string of the molecule is CCCCC(=O)N[C@H](c1ccc(C)cc1)c1cc(Cl)c2cccnc2c1O. The van der Waals surface area contributed by atoms with Crippen LogP contribution < -0.4 is 5.32 Å². The molecule has 1 amide bonds. The molecule has 0 unspecified atom stereocenters. The van der Waals surface area contributed by atoms with Gasteiger partial charge in [-0.2, -0.15) is 0 Å². The lowest BCUT2D eigenvalue weighted by Gasteiger charge is -2.22. The second-order valence-corrected chi connectivity index (χ2v) is 7.12. The highest BCUT2D eigenvalue weighted by atomic mass is 35.5. The predicted molar refractivity (Wildman–Crippen MR) is 109 cm³/mol. The van der Waals surface area contributed by atoms with Crippen LogP contribution in [0.3, 0.4) is 0 Å². The van der Waals surface area contributed by atoms with Crippen molar-refractivity contribution in [1.29, 1.82) is 0 Å². The smallest absolute Gasteiger partial charge is 0.220 e. The third-order valence-corrected chi connectivity index (χ3v) is 4.94. The van der Waals surface area contributed by atoms with Crippen LogP contribution in [0.1, 0.15) is 48.9 Å². The lowest BCUT2D eigenvalue weighted by Crippen LogP contribution is -2.29. The number of hydrogen-bond donors (Lipinski definition) is 2. The maximum absolute atomic E-state index is 12.4. The number of aromatic hydroxyl groups is 1. The van der Waals surface area contributed by atoms with Crippen LogP contribution in [-0.4, -0.2) is 16.0 Å². The van der Waals surface area contributed by atoms with Crippen LogP contribution >= 0.6 is 11.6 Å². The number of fused-ring (bicyclic) bond motifs is 1. The molecule has 0 saturated heterocycles. The van der Waals surface area contributed by atoms with Crippen molar-refractivity contribution >= 4 is 28.4 Å². The van der Waals surface area contributed by atoms with Crippen LogP contribution in [0, 0.1) is 6.92 Å². The Morgan fingerprint density at radius 3 is 2.70 bits per heavy atom. The predicted octanol–water partition coefficient (Wildman–Crippen LogP) is 5.30. The molecule has 1 aromatic heterocycles. The van der Waals surface area contributed by atoms with Gasteiger partial charge in [-0.15, -0.1) is 0 Å². The lowest BCUT2D eigenvalue weighted by molar-refractivity contribution is -0.121. The maximum Gasteiger partial charge on any atom is 0.220 e. The van der Waals surface area contributed by atoms with Crippen molar-refractivity contribution in [2.24, 2.45) is 0 Å². The van der Waals surface area contributed by atoms with E-state index in [1.165, 1.54) is 0 Å². The topological polar surface area (TPSA) is 62.2 Å². The molecule has 140 valence electrons. The molecule has 27 heavy (non-hydrogen) atoms. The third kappa shape index (κ3) is 4.22. The maximum atomic E-state index is 12.4. The summed E-state index contributed by atoms with van der Waals surface area (Å²) in [4.78, 5) is 16.7. The minimum Gasteiger partial charge on any atom is -0.505 e. The number of aryl methyl sites for hydroxylation is 1. The van der Waals surface area contributed by atoms with Crippen LogP contribution in [0.15, 0.2) is 48.7 Å². The Morgan fingerprint density at radius 1 is 1.26 bits per heavy atom. The van der Waals surface area contributed by atoms with Crippen LogP contribution in [0.4, 0.5) is 0 Å². The number of hydrogen-bond acceptors (Lipinski definition) is 3. The number of rotatable bonds is 6. The summed E-state index contributed by atoms with van der Waals surface area (Å²) in [6, 6.07) is 12.7. The minimum atomic E-state index is -0.501. The summed E-state index contributed by atoms with van der Waals surface area (Å²) in [5.74, 6) is -0.0181. The van der Waals surface area contributed by atoms with Gasteiger partial charge in [0.1, 0.15) is 11.3 Å². The lowest BCUT2D eigenvalue weighted by atomic mass is 9.95.